The summed E-state index contributed by atoms with van der Waals surface area (Å²) in [4.78, 5) is 17.0. The lowest BCUT2D eigenvalue weighted by atomic mass is 9.92. The van der Waals surface area contributed by atoms with Crippen molar-refractivity contribution in [1.82, 2.24) is 15.0 Å². The van der Waals surface area contributed by atoms with E-state index in [4.69, 9.17) is 9.63 Å². The summed E-state index contributed by atoms with van der Waals surface area (Å²) in [5, 5.41) is 12.5. The van der Waals surface area contributed by atoms with Crippen LogP contribution in [0, 0.1) is 12.8 Å². The van der Waals surface area contributed by atoms with Gasteiger partial charge < -0.3 is 9.63 Å². The third-order valence-electron chi connectivity index (χ3n) is 3.41. The molecular weight excluding hydrogens is 234 g/mol. The Bertz CT molecular complexity index is 397. The van der Waals surface area contributed by atoms with Gasteiger partial charge in [0.05, 0.1) is 6.54 Å². The van der Waals surface area contributed by atoms with E-state index in [2.05, 4.69) is 15.0 Å². The largest absolute Gasteiger partial charge is 0.481 e. The lowest BCUT2D eigenvalue weighted by Gasteiger charge is -2.30. The fourth-order valence-electron chi connectivity index (χ4n) is 2.37. The average Bonchev–Trinajstić information content (AvgIpc) is 2.74. The molecule has 6 heteroatoms. The lowest BCUT2D eigenvalue weighted by Crippen LogP contribution is -2.33. The Balaban J connectivity index is 1.71. The number of aromatic nitrogens is 2. The van der Waals surface area contributed by atoms with E-state index in [9.17, 15) is 4.79 Å². The van der Waals surface area contributed by atoms with E-state index in [0.29, 0.717) is 11.8 Å². The minimum Gasteiger partial charge on any atom is -0.481 e. The highest BCUT2D eigenvalue weighted by atomic mass is 16.5. The Morgan fingerprint density at radius 2 is 2.22 bits per heavy atom. The summed E-state index contributed by atoms with van der Waals surface area (Å²) in [6.07, 6.45) is 3.20. The van der Waals surface area contributed by atoms with Crippen LogP contribution in [0.5, 0.6) is 0 Å². The van der Waals surface area contributed by atoms with E-state index in [0.717, 1.165) is 44.7 Å². The first-order chi connectivity index (χ1) is 8.63. The van der Waals surface area contributed by atoms with Crippen LogP contribution in [-0.2, 0) is 11.3 Å². The molecule has 2 heterocycles. The highest BCUT2D eigenvalue weighted by Crippen LogP contribution is 2.22. The molecule has 18 heavy (non-hydrogen) atoms. The summed E-state index contributed by atoms with van der Waals surface area (Å²) in [7, 11) is 0. The SMILES string of the molecule is Cc1nc(CN2CCC(CCC(=O)O)CC2)no1. The van der Waals surface area contributed by atoms with Crippen LogP contribution in [0.15, 0.2) is 4.52 Å². The van der Waals surface area contributed by atoms with Gasteiger partial charge in [-0.1, -0.05) is 5.16 Å². The van der Waals surface area contributed by atoms with Crippen LogP contribution in [-0.4, -0.2) is 39.2 Å². The van der Waals surface area contributed by atoms with E-state index in [1.165, 1.54) is 0 Å². The third kappa shape index (κ3) is 3.80. The van der Waals surface area contributed by atoms with E-state index in [1.807, 2.05) is 0 Å². The molecule has 1 saturated heterocycles. The van der Waals surface area contributed by atoms with Gasteiger partial charge in [-0.05, 0) is 38.3 Å². The van der Waals surface area contributed by atoms with Gasteiger partial charge in [-0.25, -0.2) is 0 Å². The maximum atomic E-state index is 10.5. The minimum absolute atomic E-state index is 0.286. The van der Waals surface area contributed by atoms with Gasteiger partial charge in [0, 0.05) is 13.3 Å². The monoisotopic (exact) mass is 253 g/mol. The van der Waals surface area contributed by atoms with Crippen molar-refractivity contribution in [3.63, 3.8) is 0 Å². The molecule has 0 spiro atoms. The molecule has 6 nitrogen and oxygen atoms in total. The summed E-state index contributed by atoms with van der Waals surface area (Å²) in [6, 6.07) is 0. The second kappa shape index (κ2) is 5.95. The van der Waals surface area contributed by atoms with Gasteiger partial charge in [0.1, 0.15) is 0 Å². The summed E-state index contributed by atoms with van der Waals surface area (Å²) < 4.78 is 4.94. The number of nitrogens with zero attached hydrogens (tertiary/aromatic N) is 3. The summed E-state index contributed by atoms with van der Waals surface area (Å²) in [5.74, 6) is 1.18. The van der Waals surface area contributed by atoms with Crippen molar-refractivity contribution in [3.05, 3.63) is 11.7 Å². The zero-order chi connectivity index (χ0) is 13.0. The average molecular weight is 253 g/mol. The Kier molecular flexibility index (Phi) is 4.30. The minimum atomic E-state index is -0.695. The van der Waals surface area contributed by atoms with Gasteiger partial charge in [-0.2, -0.15) is 4.98 Å². The van der Waals surface area contributed by atoms with Crippen LogP contribution in [0.25, 0.3) is 0 Å². The van der Waals surface area contributed by atoms with Crippen molar-refractivity contribution in [1.29, 1.82) is 0 Å². The molecule has 0 amide bonds. The van der Waals surface area contributed by atoms with Crippen molar-refractivity contribution in [2.45, 2.75) is 39.2 Å². The van der Waals surface area contributed by atoms with E-state index >= 15 is 0 Å². The predicted octanol–water partition coefficient (Wildman–Crippen LogP) is 1.45. The molecule has 0 bridgehead atoms. The molecule has 1 fully saturated rings. The van der Waals surface area contributed by atoms with Gasteiger partial charge in [-0.3, -0.25) is 9.69 Å². The van der Waals surface area contributed by atoms with E-state index < -0.39 is 5.97 Å². The Hall–Kier alpha value is -1.43. The van der Waals surface area contributed by atoms with Crippen molar-refractivity contribution >= 4 is 5.97 Å². The van der Waals surface area contributed by atoms with Crippen LogP contribution < -0.4 is 0 Å². The molecule has 0 radical (unpaired) electrons. The zero-order valence-corrected chi connectivity index (χ0v) is 10.6. The number of piperidine rings is 1. The molecule has 1 aromatic rings. The highest BCUT2D eigenvalue weighted by molar-refractivity contribution is 5.66. The molecule has 0 aromatic carbocycles. The number of rotatable bonds is 5. The molecule has 100 valence electrons. The summed E-state index contributed by atoms with van der Waals surface area (Å²) >= 11 is 0. The molecule has 0 unspecified atom stereocenters. The highest BCUT2D eigenvalue weighted by Gasteiger charge is 2.20. The molecule has 0 saturated carbocycles. The van der Waals surface area contributed by atoms with Gasteiger partial charge >= 0.3 is 5.97 Å². The molecule has 1 aliphatic heterocycles. The number of likely N-dealkylation sites (tertiary alicyclic amines) is 1. The van der Waals surface area contributed by atoms with E-state index in [1.54, 1.807) is 6.92 Å². The first-order valence-corrected chi connectivity index (χ1v) is 6.37. The standard InChI is InChI=1S/C12H19N3O3/c1-9-13-11(14-18-9)8-15-6-4-10(5-7-15)2-3-12(16)17/h10H,2-8H2,1H3,(H,16,17). The smallest absolute Gasteiger partial charge is 0.303 e. The number of carboxylic acid groups (broad SMARTS) is 1. The van der Waals surface area contributed by atoms with Crippen molar-refractivity contribution in [2.75, 3.05) is 13.1 Å². The van der Waals surface area contributed by atoms with Gasteiger partial charge in [-0.15, -0.1) is 0 Å². The number of aryl methyl sites for hydroxylation is 1. The Labute approximate surface area is 106 Å². The van der Waals surface area contributed by atoms with Gasteiger partial charge in [0.2, 0.25) is 5.89 Å². The molecule has 2 rings (SSSR count). The molecule has 0 atom stereocenters. The number of aliphatic carboxylic acids is 1. The second-order valence-corrected chi connectivity index (χ2v) is 4.88. The Morgan fingerprint density at radius 1 is 1.50 bits per heavy atom. The molecule has 0 aliphatic carbocycles. The van der Waals surface area contributed by atoms with Crippen LogP contribution in [0.4, 0.5) is 0 Å². The van der Waals surface area contributed by atoms with Crippen molar-refractivity contribution in [3.8, 4) is 0 Å². The van der Waals surface area contributed by atoms with Gasteiger partial charge in [0.15, 0.2) is 5.82 Å². The van der Waals surface area contributed by atoms with Crippen molar-refractivity contribution in [2.24, 2.45) is 5.92 Å². The number of hydrogen-bond donors (Lipinski definition) is 1. The van der Waals surface area contributed by atoms with Gasteiger partial charge in [0.25, 0.3) is 0 Å². The first kappa shape index (κ1) is 13.0. The summed E-state index contributed by atoms with van der Waals surface area (Å²) in [5.41, 5.74) is 0. The number of carboxylic acids is 1. The van der Waals surface area contributed by atoms with Crippen LogP contribution in [0.2, 0.25) is 0 Å². The summed E-state index contributed by atoms with van der Waals surface area (Å²) in [6.45, 7) is 4.48. The quantitative estimate of drug-likeness (QED) is 0.855. The van der Waals surface area contributed by atoms with Crippen molar-refractivity contribution < 1.29 is 14.4 Å². The van der Waals surface area contributed by atoms with Crippen LogP contribution in [0.3, 0.4) is 0 Å². The number of hydrogen-bond acceptors (Lipinski definition) is 5. The van der Waals surface area contributed by atoms with Crippen LogP contribution in [0.1, 0.15) is 37.4 Å². The van der Waals surface area contributed by atoms with Crippen LogP contribution >= 0.6 is 0 Å². The topological polar surface area (TPSA) is 79.5 Å². The first-order valence-electron chi connectivity index (χ1n) is 6.37. The maximum Gasteiger partial charge on any atom is 0.303 e. The zero-order valence-electron chi connectivity index (χ0n) is 10.6. The maximum absolute atomic E-state index is 10.5. The molecular formula is C12H19N3O3. The number of carbonyl (C=O) groups is 1. The normalized spacial score (nSPS) is 18.1. The predicted molar refractivity (Wildman–Crippen MR) is 63.9 cm³/mol. The van der Waals surface area contributed by atoms with E-state index in [-0.39, 0.29) is 6.42 Å². The lowest BCUT2D eigenvalue weighted by molar-refractivity contribution is -0.137. The Morgan fingerprint density at radius 3 is 2.78 bits per heavy atom. The molecule has 1 aromatic heterocycles. The molecule has 1 aliphatic rings. The fraction of sp³-hybridized carbons (Fsp3) is 0.750. The molecule has 1 N–H and O–H groups in total. The fourth-order valence-corrected chi connectivity index (χ4v) is 2.37. The second-order valence-electron chi connectivity index (χ2n) is 4.88. The third-order valence-corrected chi connectivity index (χ3v) is 3.41.